The molecule has 0 N–H and O–H groups in total. The summed E-state index contributed by atoms with van der Waals surface area (Å²) in [7, 11) is 0. The summed E-state index contributed by atoms with van der Waals surface area (Å²) in [5.74, 6) is 0.732. The average molecular weight is 328 g/mol. The molecule has 1 aliphatic rings. The molecule has 0 bridgehead atoms. The molecule has 0 amide bonds. The number of aromatic nitrogens is 1. The zero-order chi connectivity index (χ0) is 17.1. The molecule has 0 saturated heterocycles. The van der Waals surface area contributed by atoms with Gasteiger partial charge in [0.25, 0.3) is 0 Å². The molecule has 0 saturated carbocycles. The van der Waals surface area contributed by atoms with Crippen LogP contribution in [0.15, 0.2) is 83.9 Å². The van der Waals surface area contributed by atoms with Gasteiger partial charge in [-0.25, -0.2) is 9.98 Å². The minimum atomic E-state index is 0.0850. The first-order valence-corrected chi connectivity index (χ1v) is 8.59. The van der Waals surface area contributed by atoms with Gasteiger partial charge >= 0.3 is 0 Å². The second kappa shape index (κ2) is 6.89. The Morgan fingerprint density at radius 2 is 1.48 bits per heavy atom. The molecule has 2 heterocycles. The third-order valence-corrected chi connectivity index (χ3v) is 4.35. The van der Waals surface area contributed by atoms with Crippen LogP contribution in [0, 0.1) is 0 Å². The van der Waals surface area contributed by atoms with Crippen LogP contribution in [-0.4, -0.2) is 23.5 Å². The Balaban J connectivity index is 1.79. The molecule has 1 atom stereocenters. The van der Waals surface area contributed by atoms with Crippen molar-refractivity contribution in [3.8, 4) is 0 Å². The molecule has 1 unspecified atom stereocenters. The van der Waals surface area contributed by atoms with Crippen molar-refractivity contribution < 1.29 is 4.74 Å². The first kappa shape index (κ1) is 15.6. The van der Waals surface area contributed by atoms with Crippen LogP contribution in [0.5, 0.6) is 0 Å². The summed E-state index contributed by atoms with van der Waals surface area (Å²) in [6.45, 7) is 2.68. The molecule has 0 radical (unpaired) electrons. The normalized spacial score (nSPS) is 16.6. The molecule has 3 aromatic rings. The van der Waals surface area contributed by atoms with E-state index < -0.39 is 0 Å². The number of hydrogen-bond donors (Lipinski definition) is 0. The van der Waals surface area contributed by atoms with E-state index >= 15 is 0 Å². The van der Waals surface area contributed by atoms with Crippen LogP contribution in [-0.2, 0) is 4.74 Å². The minimum Gasteiger partial charge on any atom is -0.474 e. The quantitative estimate of drug-likeness (QED) is 0.710. The van der Waals surface area contributed by atoms with Crippen molar-refractivity contribution in [2.45, 2.75) is 18.9 Å². The van der Waals surface area contributed by atoms with Crippen LogP contribution < -0.4 is 0 Å². The van der Waals surface area contributed by atoms with Gasteiger partial charge in [-0.3, -0.25) is 0 Å². The van der Waals surface area contributed by atoms with Crippen LogP contribution in [0.4, 0.5) is 0 Å². The number of pyridine rings is 1. The summed E-state index contributed by atoms with van der Waals surface area (Å²) in [4.78, 5) is 9.42. The van der Waals surface area contributed by atoms with Crippen LogP contribution in [0.2, 0.25) is 0 Å². The minimum absolute atomic E-state index is 0.0850. The number of aliphatic imine (C=N–C) groups is 1. The van der Waals surface area contributed by atoms with Gasteiger partial charge in [-0.1, -0.05) is 66.7 Å². The second-order valence-corrected chi connectivity index (χ2v) is 6.30. The van der Waals surface area contributed by atoms with E-state index in [-0.39, 0.29) is 12.0 Å². The molecular weight excluding hydrogens is 308 g/mol. The molecule has 0 aliphatic carbocycles. The van der Waals surface area contributed by atoms with Crippen molar-refractivity contribution >= 4 is 5.90 Å². The number of nitrogens with zero attached hydrogens (tertiary/aromatic N) is 2. The van der Waals surface area contributed by atoms with Crippen molar-refractivity contribution in [2.24, 2.45) is 4.99 Å². The first-order chi connectivity index (χ1) is 12.3. The Morgan fingerprint density at radius 1 is 0.840 bits per heavy atom. The standard InChI is InChI=1S/C22H20N2O/c1-16-15-25-22(23-16)20-14-8-13-19(24-20)21(17-9-4-2-5-10-17)18-11-6-3-7-12-18/h2-14,16,21H,15H2,1H3. The van der Waals surface area contributed by atoms with Gasteiger partial charge in [0.2, 0.25) is 5.90 Å². The molecule has 1 aliphatic heterocycles. The van der Waals surface area contributed by atoms with Gasteiger partial charge in [0, 0.05) is 0 Å². The average Bonchev–Trinajstić information content (AvgIpc) is 3.11. The number of hydrogen-bond acceptors (Lipinski definition) is 3. The van der Waals surface area contributed by atoms with E-state index in [0.717, 1.165) is 11.4 Å². The molecular formula is C22H20N2O. The summed E-state index contributed by atoms with van der Waals surface area (Å²) in [6.07, 6.45) is 0. The smallest absolute Gasteiger partial charge is 0.235 e. The summed E-state index contributed by atoms with van der Waals surface area (Å²) < 4.78 is 5.68. The lowest BCUT2D eigenvalue weighted by molar-refractivity contribution is 0.323. The molecule has 1 aromatic heterocycles. The van der Waals surface area contributed by atoms with Crippen LogP contribution in [0.1, 0.15) is 35.4 Å². The van der Waals surface area contributed by atoms with Crippen molar-refractivity contribution in [2.75, 3.05) is 6.61 Å². The zero-order valence-electron chi connectivity index (χ0n) is 14.2. The van der Waals surface area contributed by atoms with Gasteiger partial charge in [0.15, 0.2) is 0 Å². The van der Waals surface area contributed by atoms with Crippen LogP contribution >= 0.6 is 0 Å². The van der Waals surface area contributed by atoms with E-state index in [1.54, 1.807) is 0 Å². The second-order valence-electron chi connectivity index (χ2n) is 6.30. The maximum absolute atomic E-state index is 5.68. The Labute approximate surface area is 148 Å². The lowest BCUT2D eigenvalue weighted by atomic mass is 9.88. The molecule has 0 fully saturated rings. The Bertz CT molecular complexity index is 835. The zero-order valence-corrected chi connectivity index (χ0v) is 14.2. The largest absolute Gasteiger partial charge is 0.474 e. The first-order valence-electron chi connectivity index (χ1n) is 8.59. The maximum atomic E-state index is 5.68. The topological polar surface area (TPSA) is 34.5 Å². The molecule has 3 nitrogen and oxygen atoms in total. The number of benzene rings is 2. The highest BCUT2D eigenvalue weighted by atomic mass is 16.5. The lowest BCUT2D eigenvalue weighted by Crippen LogP contribution is -2.10. The van der Waals surface area contributed by atoms with E-state index in [4.69, 9.17) is 9.72 Å². The highest BCUT2D eigenvalue weighted by Gasteiger charge is 2.21. The third-order valence-electron chi connectivity index (χ3n) is 4.35. The molecule has 2 aromatic carbocycles. The van der Waals surface area contributed by atoms with Gasteiger partial charge < -0.3 is 4.74 Å². The van der Waals surface area contributed by atoms with Crippen molar-refractivity contribution in [1.82, 2.24) is 4.98 Å². The van der Waals surface area contributed by atoms with Crippen molar-refractivity contribution in [1.29, 1.82) is 0 Å². The third kappa shape index (κ3) is 3.31. The van der Waals surface area contributed by atoms with E-state index in [1.165, 1.54) is 11.1 Å². The Hall–Kier alpha value is -2.94. The monoisotopic (exact) mass is 328 g/mol. The van der Waals surface area contributed by atoms with Gasteiger partial charge in [-0.2, -0.15) is 0 Å². The maximum Gasteiger partial charge on any atom is 0.235 e. The Morgan fingerprint density at radius 3 is 2.04 bits per heavy atom. The highest BCUT2D eigenvalue weighted by Crippen LogP contribution is 2.30. The highest BCUT2D eigenvalue weighted by molar-refractivity contribution is 5.93. The van der Waals surface area contributed by atoms with Crippen molar-refractivity contribution in [3.63, 3.8) is 0 Å². The fraction of sp³-hybridized carbons (Fsp3) is 0.182. The molecule has 3 heteroatoms. The van der Waals surface area contributed by atoms with Gasteiger partial charge in [0.05, 0.1) is 17.7 Å². The van der Waals surface area contributed by atoms with Gasteiger partial charge in [-0.05, 0) is 30.2 Å². The predicted molar refractivity (Wildman–Crippen MR) is 100 cm³/mol. The molecule has 0 spiro atoms. The van der Waals surface area contributed by atoms with Crippen molar-refractivity contribution in [3.05, 3.63) is 101 Å². The van der Waals surface area contributed by atoms with E-state index in [2.05, 4.69) is 59.6 Å². The fourth-order valence-corrected chi connectivity index (χ4v) is 3.17. The molecule has 4 rings (SSSR count). The number of rotatable bonds is 4. The van der Waals surface area contributed by atoms with Gasteiger partial charge in [-0.15, -0.1) is 0 Å². The summed E-state index contributed by atoms with van der Waals surface area (Å²) in [5.41, 5.74) is 4.25. The lowest BCUT2D eigenvalue weighted by Gasteiger charge is -2.18. The van der Waals surface area contributed by atoms with E-state index in [9.17, 15) is 0 Å². The van der Waals surface area contributed by atoms with E-state index in [1.807, 2.05) is 31.2 Å². The van der Waals surface area contributed by atoms with Crippen LogP contribution in [0.25, 0.3) is 0 Å². The summed E-state index contributed by atoms with van der Waals surface area (Å²) in [5, 5.41) is 0. The number of ether oxygens (including phenoxy) is 1. The van der Waals surface area contributed by atoms with E-state index in [0.29, 0.717) is 12.5 Å². The molecule has 25 heavy (non-hydrogen) atoms. The Kier molecular flexibility index (Phi) is 4.30. The molecule has 124 valence electrons. The SMILES string of the molecule is CC1COC(c2cccc(C(c3ccccc3)c3ccccc3)n2)=N1. The van der Waals surface area contributed by atoms with Crippen LogP contribution in [0.3, 0.4) is 0 Å². The van der Waals surface area contributed by atoms with Gasteiger partial charge in [0.1, 0.15) is 12.3 Å². The predicted octanol–water partition coefficient (Wildman–Crippen LogP) is 4.43. The summed E-state index contributed by atoms with van der Waals surface area (Å²) in [6, 6.07) is 27.2. The summed E-state index contributed by atoms with van der Waals surface area (Å²) >= 11 is 0. The fourth-order valence-electron chi connectivity index (χ4n) is 3.17.